The summed E-state index contributed by atoms with van der Waals surface area (Å²) in [5, 5.41) is 21.0. The first-order valence-electron chi connectivity index (χ1n) is 5.00. The van der Waals surface area contributed by atoms with Crippen LogP contribution in [0.4, 0.5) is 0 Å². The van der Waals surface area contributed by atoms with Crippen LogP contribution in [0.15, 0.2) is 18.3 Å². The molecule has 0 saturated carbocycles. The second-order valence-corrected chi connectivity index (χ2v) is 3.99. The minimum Gasteiger partial charge on any atom is -0.479 e. The van der Waals surface area contributed by atoms with E-state index in [2.05, 4.69) is 10.3 Å². The Hall–Kier alpha value is -1.46. The number of hydrogen-bond donors (Lipinski definition) is 3. The average Bonchev–Trinajstić information content (AvgIpc) is 2.20. The predicted molar refractivity (Wildman–Crippen MR) is 58.9 cm³/mol. The van der Waals surface area contributed by atoms with Crippen molar-refractivity contribution in [3.05, 3.63) is 29.6 Å². The van der Waals surface area contributed by atoms with E-state index in [0.717, 1.165) is 11.3 Å². The van der Waals surface area contributed by atoms with Gasteiger partial charge in [-0.25, -0.2) is 4.79 Å². The van der Waals surface area contributed by atoms with Gasteiger partial charge in [0.2, 0.25) is 0 Å². The van der Waals surface area contributed by atoms with E-state index in [9.17, 15) is 9.90 Å². The van der Waals surface area contributed by atoms with Gasteiger partial charge in [0, 0.05) is 25.0 Å². The van der Waals surface area contributed by atoms with E-state index < -0.39 is 11.6 Å². The van der Waals surface area contributed by atoms with Crippen molar-refractivity contribution in [3.8, 4) is 0 Å². The number of aliphatic carboxylic acids is 1. The maximum atomic E-state index is 10.6. The fourth-order valence-corrected chi connectivity index (χ4v) is 1.13. The van der Waals surface area contributed by atoms with Crippen LogP contribution in [0.5, 0.6) is 0 Å². The molecular weight excluding hydrogens is 208 g/mol. The van der Waals surface area contributed by atoms with Gasteiger partial charge in [0.25, 0.3) is 0 Å². The average molecular weight is 224 g/mol. The van der Waals surface area contributed by atoms with Crippen molar-refractivity contribution >= 4 is 5.97 Å². The molecule has 5 nitrogen and oxygen atoms in total. The first-order valence-corrected chi connectivity index (χ1v) is 5.00. The largest absolute Gasteiger partial charge is 0.479 e. The third kappa shape index (κ3) is 3.60. The van der Waals surface area contributed by atoms with Gasteiger partial charge in [-0.3, -0.25) is 4.98 Å². The molecule has 0 aliphatic carbocycles. The minimum atomic E-state index is -1.74. The third-order valence-electron chi connectivity index (χ3n) is 2.23. The van der Waals surface area contributed by atoms with Crippen molar-refractivity contribution in [1.82, 2.24) is 10.3 Å². The van der Waals surface area contributed by atoms with E-state index in [-0.39, 0.29) is 6.54 Å². The van der Waals surface area contributed by atoms with E-state index >= 15 is 0 Å². The van der Waals surface area contributed by atoms with Crippen LogP contribution >= 0.6 is 0 Å². The van der Waals surface area contributed by atoms with Crippen molar-refractivity contribution in [1.29, 1.82) is 0 Å². The highest BCUT2D eigenvalue weighted by Gasteiger charge is 2.28. The quantitative estimate of drug-likeness (QED) is 0.670. The first kappa shape index (κ1) is 12.6. The summed E-state index contributed by atoms with van der Waals surface area (Å²) in [6.45, 7) is 3.63. The first-order chi connectivity index (χ1) is 7.42. The summed E-state index contributed by atoms with van der Waals surface area (Å²) in [6, 6.07) is 3.79. The number of carbonyl (C=O) groups is 1. The summed E-state index contributed by atoms with van der Waals surface area (Å²) in [4.78, 5) is 14.7. The summed E-state index contributed by atoms with van der Waals surface area (Å²) < 4.78 is 0. The van der Waals surface area contributed by atoms with Gasteiger partial charge in [-0.2, -0.15) is 0 Å². The SMILES string of the molecule is Cc1ccc(CNCC(C)(O)C(=O)O)cn1. The van der Waals surface area contributed by atoms with Crippen LogP contribution < -0.4 is 5.32 Å². The van der Waals surface area contributed by atoms with Gasteiger partial charge < -0.3 is 15.5 Å². The third-order valence-corrected chi connectivity index (χ3v) is 2.23. The molecule has 0 bridgehead atoms. The van der Waals surface area contributed by atoms with Gasteiger partial charge in [0.1, 0.15) is 0 Å². The monoisotopic (exact) mass is 224 g/mol. The molecule has 0 spiro atoms. The lowest BCUT2D eigenvalue weighted by Crippen LogP contribution is -2.44. The number of aryl methyl sites for hydroxylation is 1. The highest BCUT2D eigenvalue weighted by Crippen LogP contribution is 2.03. The predicted octanol–water partition coefficient (Wildman–Crippen LogP) is 0.315. The Morgan fingerprint density at radius 3 is 2.75 bits per heavy atom. The second-order valence-electron chi connectivity index (χ2n) is 3.99. The molecular formula is C11H16N2O3. The van der Waals surface area contributed by atoms with E-state index in [4.69, 9.17) is 5.11 Å². The number of carboxylic acid groups (broad SMARTS) is 1. The van der Waals surface area contributed by atoms with Crippen molar-refractivity contribution in [3.63, 3.8) is 0 Å². The molecule has 1 heterocycles. The van der Waals surface area contributed by atoms with Gasteiger partial charge >= 0.3 is 5.97 Å². The van der Waals surface area contributed by atoms with Gasteiger partial charge in [0.05, 0.1) is 0 Å². The van der Waals surface area contributed by atoms with E-state index in [1.165, 1.54) is 6.92 Å². The summed E-state index contributed by atoms with van der Waals surface area (Å²) >= 11 is 0. The van der Waals surface area contributed by atoms with Crippen LogP contribution in [0, 0.1) is 6.92 Å². The molecule has 0 aliphatic rings. The highest BCUT2D eigenvalue weighted by atomic mass is 16.4. The molecule has 88 valence electrons. The van der Waals surface area contributed by atoms with Gasteiger partial charge in [-0.15, -0.1) is 0 Å². The van der Waals surface area contributed by atoms with Crippen molar-refractivity contribution in [2.45, 2.75) is 26.0 Å². The standard InChI is InChI=1S/C11H16N2O3/c1-8-3-4-9(6-13-8)5-12-7-11(2,16)10(14)15/h3-4,6,12,16H,5,7H2,1-2H3,(H,14,15). The molecule has 5 heteroatoms. The molecule has 1 aromatic heterocycles. The van der Waals surface area contributed by atoms with Crippen LogP contribution in [0.25, 0.3) is 0 Å². The summed E-state index contributed by atoms with van der Waals surface area (Å²) in [5.41, 5.74) is 0.145. The molecule has 0 aromatic carbocycles. The Kier molecular flexibility index (Phi) is 3.98. The number of rotatable bonds is 5. The number of pyridine rings is 1. The van der Waals surface area contributed by atoms with Crippen LogP contribution in [-0.4, -0.2) is 33.3 Å². The maximum Gasteiger partial charge on any atom is 0.336 e. The molecule has 1 rings (SSSR count). The minimum absolute atomic E-state index is 0.00376. The van der Waals surface area contributed by atoms with Crippen LogP contribution in [-0.2, 0) is 11.3 Å². The number of carboxylic acids is 1. The van der Waals surface area contributed by atoms with Crippen LogP contribution in [0.3, 0.4) is 0 Å². The molecule has 0 fully saturated rings. The fourth-order valence-electron chi connectivity index (χ4n) is 1.13. The molecule has 3 N–H and O–H groups in total. The van der Waals surface area contributed by atoms with Crippen molar-refractivity contribution in [2.75, 3.05) is 6.54 Å². The lowest BCUT2D eigenvalue weighted by atomic mass is 10.1. The van der Waals surface area contributed by atoms with Crippen molar-refractivity contribution in [2.24, 2.45) is 0 Å². The molecule has 0 aliphatic heterocycles. The van der Waals surface area contributed by atoms with Gasteiger partial charge in [0.15, 0.2) is 5.60 Å². The summed E-state index contributed by atoms with van der Waals surface area (Å²) in [5.74, 6) is -1.23. The van der Waals surface area contributed by atoms with E-state index in [1.807, 2.05) is 19.1 Å². The number of hydrogen-bond acceptors (Lipinski definition) is 4. The number of aromatic nitrogens is 1. The zero-order chi connectivity index (χ0) is 12.2. The van der Waals surface area contributed by atoms with Crippen molar-refractivity contribution < 1.29 is 15.0 Å². The molecule has 0 saturated heterocycles. The van der Waals surface area contributed by atoms with Crippen LogP contribution in [0.2, 0.25) is 0 Å². The topological polar surface area (TPSA) is 82.5 Å². The Morgan fingerprint density at radius 1 is 1.56 bits per heavy atom. The molecule has 0 radical (unpaired) electrons. The van der Waals surface area contributed by atoms with E-state index in [0.29, 0.717) is 6.54 Å². The number of nitrogens with one attached hydrogen (secondary N) is 1. The molecule has 1 atom stereocenters. The lowest BCUT2D eigenvalue weighted by molar-refractivity contribution is -0.156. The van der Waals surface area contributed by atoms with E-state index in [1.54, 1.807) is 6.20 Å². The van der Waals surface area contributed by atoms with Gasteiger partial charge in [-0.1, -0.05) is 6.07 Å². The molecule has 1 aromatic rings. The second kappa shape index (κ2) is 5.05. The Balaban J connectivity index is 2.41. The summed E-state index contributed by atoms with van der Waals surface area (Å²) in [7, 11) is 0. The number of aliphatic hydroxyl groups is 1. The highest BCUT2D eigenvalue weighted by molar-refractivity contribution is 5.76. The van der Waals surface area contributed by atoms with Crippen LogP contribution in [0.1, 0.15) is 18.2 Å². The zero-order valence-electron chi connectivity index (χ0n) is 9.40. The summed E-state index contributed by atoms with van der Waals surface area (Å²) in [6.07, 6.45) is 1.72. The Bertz CT molecular complexity index is 360. The zero-order valence-corrected chi connectivity index (χ0v) is 9.40. The Morgan fingerprint density at radius 2 is 2.25 bits per heavy atom. The number of nitrogens with zero attached hydrogens (tertiary/aromatic N) is 1. The molecule has 0 amide bonds. The maximum absolute atomic E-state index is 10.6. The fraction of sp³-hybridized carbons (Fsp3) is 0.455. The molecule has 1 unspecified atom stereocenters. The normalized spacial score (nSPS) is 14.4. The Labute approximate surface area is 94.1 Å². The lowest BCUT2D eigenvalue weighted by Gasteiger charge is -2.18. The molecule has 16 heavy (non-hydrogen) atoms. The van der Waals surface area contributed by atoms with Gasteiger partial charge in [-0.05, 0) is 25.5 Å². The smallest absolute Gasteiger partial charge is 0.336 e.